The molecular weight excluding hydrogens is 246 g/mol. The number of benzene rings is 1. The summed E-state index contributed by atoms with van der Waals surface area (Å²) in [5.74, 6) is 0.973. The van der Waals surface area contributed by atoms with Gasteiger partial charge < -0.3 is 10.5 Å². The molecule has 0 heterocycles. The zero-order valence-electron chi connectivity index (χ0n) is 11.4. The van der Waals surface area contributed by atoms with Crippen LogP contribution in [0.25, 0.3) is 0 Å². The molecule has 104 valence electrons. The number of unbranched alkanes of at least 4 members (excludes halogenated alkanes) is 4. The molecule has 18 heavy (non-hydrogen) atoms. The highest BCUT2D eigenvalue weighted by atomic mass is 35.5. The highest BCUT2D eigenvalue weighted by molar-refractivity contribution is 5.85. The van der Waals surface area contributed by atoms with Crippen molar-refractivity contribution in [1.82, 2.24) is 0 Å². The van der Waals surface area contributed by atoms with Crippen molar-refractivity contribution in [3.8, 4) is 5.75 Å². The Hall–Kier alpha value is -0.730. The highest BCUT2D eigenvalue weighted by Crippen LogP contribution is 2.13. The molecule has 0 aromatic heterocycles. The first kappa shape index (κ1) is 17.3. The van der Waals surface area contributed by atoms with Gasteiger partial charge in [0.2, 0.25) is 0 Å². The monoisotopic (exact) mass is 271 g/mol. The van der Waals surface area contributed by atoms with E-state index in [9.17, 15) is 0 Å². The van der Waals surface area contributed by atoms with Gasteiger partial charge in [0.15, 0.2) is 0 Å². The van der Waals surface area contributed by atoms with Gasteiger partial charge >= 0.3 is 0 Å². The maximum atomic E-state index is 5.69. The number of nitrogens with two attached hydrogens (primary N) is 1. The summed E-state index contributed by atoms with van der Waals surface area (Å²) in [6.07, 6.45) is 7.34. The van der Waals surface area contributed by atoms with Crippen LogP contribution in [0.15, 0.2) is 24.3 Å². The van der Waals surface area contributed by atoms with E-state index in [1.54, 1.807) is 0 Å². The van der Waals surface area contributed by atoms with Gasteiger partial charge in [-0.15, -0.1) is 12.4 Å². The average Bonchev–Trinajstić information content (AvgIpc) is 2.36. The van der Waals surface area contributed by atoms with Crippen molar-refractivity contribution >= 4 is 12.4 Å². The van der Waals surface area contributed by atoms with Crippen LogP contribution in [0.3, 0.4) is 0 Å². The van der Waals surface area contributed by atoms with Crippen LogP contribution in [0.4, 0.5) is 0 Å². The summed E-state index contributed by atoms with van der Waals surface area (Å²) in [4.78, 5) is 0. The second kappa shape index (κ2) is 11.4. The third-order valence-corrected chi connectivity index (χ3v) is 2.87. The number of hydrogen-bond acceptors (Lipinski definition) is 2. The van der Waals surface area contributed by atoms with Crippen molar-refractivity contribution in [2.24, 2.45) is 5.73 Å². The molecule has 2 nitrogen and oxygen atoms in total. The third-order valence-electron chi connectivity index (χ3n) is 2.87. The van der Waals surface area contributed by atoms with Crippen LogP contribution >= 0.6 is 12.4 Å². The van der Waals surface area contributed by atoms with Crippen molar-refractivity contribution in [2.45, 2.75) is 45.4 Å². The third kappa shape index (κ3) is 7.57. The first-order chi connectivity index (χ1) is 8.36. The quantitative estimate of drug-likeness (QED) is 0.690. The van der Waals surface area contributed by atoms with Gasteiger partial charge in [0.25, 0.3) is 0 Å². The molecule has 1 aromatic rings. The number of rotatable bonds is 9. The van der Waals surface area contributed by atoms with Gasteiger partial charge in [-0.25, -0.2) is 0 Å². The van der Waals surface area contributed by atoms with Crippen LogP contribution in [0, 0.1) is 0 Å². The predicted molar refractivity (Wildman–Crippen MR) is 80.7 cm³/mol. The number of ether oxygens (including phenoxy) is 1. The van der Waals surface area contributed by atoms with Crippen LogP contribution in [0.5, 0.6) is 5.75 Å². The largest absolute Gasteiger partial charge is 0.494 e. The molecule has 0 aliphatic rings. The molecular formula is C15H26ClNO. The van der Waals surface area contributed by atoms with Gasteiger partial charge in [0, 0.05) is 0 Å². The molecule has 1 aromatic carbocycles. The van der Waals surface area contributed by atoms with E-state index in [1.165, 1.54) is 31.2 Å². The summed E-state index contributed by atoms with van der Waals surface area (Å²) in [6, 6.07) is 8.27. The lowest BCUT2D eigenvalue weighted by Gasteiger charge is -2.06. The lowest BCUT2D eigenvalue weighted by Crippen LogP contribution is -2.02. The molecule has 0 saturated carbocycles. The van der Waals surface area contributed by atoms with E-state index in [0.717, 1.165) is 25.2 Å². The topological polar surface area (TPSA) is 35.2 Å². The van der Waals surface area contributed by atoms with E-state index < -0.39 is 0 Å². The summed E-state index contributed by atoms with van der Waals surface area (Å²) >= 11 is 0. The molecule has 0 aliphatic heterocycles. The van der Waals surface area contributed by atoms with Gasteiger partial charge in [-0.2, -0.15) is 0 Å². The van der Waals surface area contributed by atoms with E-state index in [1.807, 2.05) is 12.1 Å². The molecule has 0 atom stereocenters. The summed E-state index contributed by atoms with van der Waals surface area (Å²) in [5.41, 5.74) is 6.79. The zero-order valence-corrected chi connectivity index (χ0v) is 12.2. The standard InChI is InChI=1S/C15H25NO.ClH/c1-2-3-4-5-6-13-17-15-9-7-14(8-10-15)11-12-16;/h7-10H,2-6,11-13,16H2,1H3;1H. The number of hydrogen-bond donors (Lipinski definition) is 1. The van der Waals surface area contributed by atoms with Crippen LogP contribution in [-0.2, 0) is 6.42 Å². The Morgan fingerprint density at radius 2 is 1.67 bits per heavy atom. The highest BCUT2D eigenvalue weighted by Gasteiger charge is 1.95. The van der Waals surface area contributed by atoms with E-state index in [-0.39, 0.29) is 12.4 Å². The summed E-state index contributed by atoms with van der Waals surface area (Å²) < 4.78 is 5.69. The summed E-state index contributed by atoms with van der Waals surface area (Å²) in [5, 5.41) is 0. The minimum Gasteiger partial charge on any atom is -0.494 e. The lowest BCUT2D eigenvalue weighted by atomic mass is 10.1. The van der Waals surface area contributed by atoms with Crippen LogP contribution in [0.1, 0.15) is 44.6 Å². The minimum absolute atomic E-state index is 0. The predicted octanol–water partition coefficient (Wildman–Crippen LogP) is 3.96. The molecule has 0 bridgehead atoms. The van der Waals surface area contributed by atoms with Crippen LogP contribution < -0.4 is 10.5 Å². The maximum absolute atomic E-state index is 5.69. The molecule has 0 spiro atoms. The molecule has 0 radical (unpaired) electrons. The molecule has 3 heteroatoms. The normalized spacial score (nSPS) is 9.89. The molecule has 0 unspecified atom stereocenters. The van der Waals surface area contributed by atoms with Gasteiger partial charge in [-0.1, -0.05) is 44.7 Å². The average molecular weight is 272 g/mol. The first-order valence-corrected chi connectivity index (χ1v) is 6.78. The zero-order chi connectivity index (χ0) is 12.3. The van der Waals surface area contributed by atoms with Crippen LogP contribution in [-0.4, -0.2) is 13.2 Å². The molecule has 1 rings (SSSR count). The number of halogens is 1. The Morgan fingerprint density at radius 1 is 1.00 bits per heavy atom. The molecule has 0 amide bonds. The van der Waals surface area contributed by atoms with E-state index in [4.69, 9.17) is 10.5 Å². The fraction of sp³-hybridized carbons (Fsp3) is 0.600. The van der Waals surface area contributed by atoms with Gasteiger partial charge in [-0.3, -0.25) is 0 Å². The molecule has 0 aliphatic carbocycles. The van der Waals surface area contributed by atoms with Crippen LogP contribution in [0.2, 0.25) is 0 Å². The van der Waals surface area contributed by atoms with Crippen molar-refractivity contribution in [1.29, 1.82) is 0 Å². The Kier molecular flexibility index (Phi) is 10.9. The second-order valence-corrected chi connectivity index (χ2v) is 4.45. The second-order valence-electron chi connectivity index (χ2n) is 4.45. The van der Waals surface area contributed by atoms with Crippen molar-refractivity contribution in [2.75, 3.05) is 13.2 Å². The lowest BCUT2D eigenvalue weighted by molar-refractivity contribution is 0.304. The van der Waals surface area contributed by atoms with Crippen molar-refractivity contribution in [3.05, 3.63) is 29.8 Å². The van der Waals surface area contributed by atoms with E-state index >= 15 is 0 Å². The molecule has 2 N–H and O–H groups in total. The molecule has 0 fully saturated rings. The van der Waals surface area contributed by atoms with E-state index in [2.05, 4.69) is 19.1 Å². The van der Waals surface area contributed by atoms with Crippen molar-refractivity contribution in [3.63, 3.8) is 0 Å². The SMILES string of the molecule is CCCCCCCOc1ccc(CCN)cc1.Cl. The Bertz CT molecular complexity index is 287. The van der Waals surface area contributed by atoms with Gasteiger partial charge in [0.05, 0.1) is 6.61 Å². The fourth-order valence-electron chi connectivity index (χ4n) is 1.81. The first-order valence-electron chi connectivity index (χ1n) is 6.78. The van der Waals surface area contributed by atoms with Gasteiger partial charge in [0.1, 0.15) is 5.75 Å². The fourth-order valence-corrected chi connectivity index (χ4v) is 1.81. The Morgan fingerprint density at radius 3 is 2.28 bits per heavy atom. The van der Waals surface area contributed by atoms with E-state index in [0.29, 0.717) is 6.54 Å². The Labute approximate surface area is 117 Å². The van der Waals surface area contributed by atoms with Crippen molar-refractivity contribution < 1.29 is 4.74 Å². The Balaban J connectivity index is 0.00000289. The summed E-state index contributed by atoms with van der Waals surface area (Å²) in [6.45, 7) is 3.77. The molecule has 0 saturated heterocycles. The maximum Gasteiger partial charge on any atom is 0.119 e. The smallest absolute Gasteiger partial charge is 0.119 e. The van der Waals surface area contributed by atoms with Gasteiger partial charge in [-0.05, 0) is 37.1 Å². The summed E-state index contributed by atoms with van der Waals surface area (Å²) in [7, 11) is 0. The minimum atomic E-state index is 0.